The lowest BCUT2D eigenvalue weighted by atomic mass is 10.2. The third kappa shape index (κ3) is 6.34. The summed E-state index contributed by atoms with van der Waals surface area (Å²) in [7, 11) is 0. The Kier molecular flexibility index (Phi) is 7.75. The van der Waals surface area contributed by atoms with Crippen LogP contribution in [0.3, 0.4) is 0 Å². The number of thioether (sulfide) groups is 1. The summed E-state index contributed by atoms with van der Waals surface area (Å²) < 4.78 is 1.84. The van der Waals surface area contributed by atoms with Gasteiger partial charge >= 0.3 is 0 Å². The summed E-state index contributed by atoms with van der Waals surface area (Å²) in [5.41, 5.74) is 1.86. The minimum atomic E-state index is -0.194. The van der Waals surface area contributed by atoms with E-state index in [4.69, 9.17) is 0 Å². The Balaban J connectivity index is 1.55. The summed E-state index contributed by atoms with van der Waals surface area (Å²) in [6.45, 7) is 8.59. The fraction of sp³-hybridized carbons (Fsp3) is 0.400. The molecule has 0 aliphatic rings. The quantitative estimate of drug-likeness (QED) is 0.471. The average Bonchev–Trinajstić information content (AvgIpc) is 3.35. The first kappa shape index (κ1) is 22.9. The number of aryl methyl sites for hydroxylation is 1. The zero-order chi connectivity index (χ0) is 22.4. The maximum Gasteiger partial charge on any atom is 0.236 e. The van der Waals surface area contributed by atoms with E-state index in [1.54, 1.807) is 0 Å². The molecule has 1 aromatic carbocycles. The van der Waals surface area contributed by atoms with E-state index in [-0.39, 0.29) is 29.9 Å². The van der Waals surface area contributed by atoms with Gasteiger partial charge in [0.25, 0.3) is 0 Å². The van der Waals surface area contributed by atoms with Crippen LogP contribution in [0.4, 0.5) is 10.8 Å². The zero-order valence-electron chi connectivity index (χ0n) is 17.9. The highest BCUT2D eigenvalue weighted by Gasteiger charge is 2.17. The fourth-order valence-electron chi connectivity index (χ4n) is 2.66. The molecule has 0 saturated carbocycles. The topological polar surface area (TPSA) is 115 Å². The summed E-state index contributed by atoms with van der Waals surface area (Å²) in [5.74, 6) is 0.617. The van der Waals surface area contributed by atoms with E-state index in [0.717, 1.165) is 16.3 Å². The first-order valence-corrected chi connectivity index (χ1v) is 11.7. The summed E-state index contributed by atoms with van der Waals surface area (Å²) in [6, 6.07) is 7.60. The van der Waals surface area contributed by atoms with Crippen molar-refractivity contribution in [2.45, 2.75) is 51.7 Å². The van der Waals surface area contributed by atoms with Gasteiger partial charge < -0.3 is 9.88 Å². The van der Waals surface area contributed by atoms with Crippen LogP contribution in [0.15, 0.2) is 29.4 Å². The molecule has 0 atom stereocenters. The molecule has 3 rings (SSSR count). The molecule has 3 aromatic rings. The summed E-state index contributed by atoms with van der Waals surface area (Å²) in [5, 5.41) is 23.9. The van der Waals surface area contributed by atoms with Gasteiger partial charge in [0.05, 0.1) is 12.2 Å². The van der Waals surface area contributed by atoms with Gasteiger partial charge in [-0.2, -0.15) is 0 Å². The van der Waals surface area contributed by atoms with Crippen LogP contribution in [0.25, 0.3) is 0 Å². The number of hydrogen-bond acceptors (Lipinski definition) is 8. The molecule has 0 unspecified atom stereocenters. The third-order valence-electron chi connectivity index (χ3n) is 4.28. The van der Waals surface area contributed by atoms with Gasteiger partial charge in [-0.05, 0) is 26.0 Å². The number of carbonyl (C=O) groups is 2. The molecule has 9 nitrogen and oxygen atoms in total. The number of carbonyl (C=O) groups excluding carboxylic acids is 2. The number of benzene rings is 1. The highest BCUT2D eigenvalue weighted by atomic mass is 32.2. The van der Waals surface area contributed by atoms with E-state index in [9.17, 15) is 9.59 Å². The SMILES string of the molecule is CCn1c(CC(=O)Nc2ccc(C)cc2)nnc1SCC(=O)Nc1nnc(C(C)C)s1. The Morgan fingerprint density at radius 2 is 1.81 bits per heavy atom. The van der Waals surface area contributed by atoms with Gasteiger partial charge in [0, 0.05) is 18.2 Å². The zero-order valence-corrected chi connectivity index (χ0v) is 19.5. The predicted molar refractivity (Wildman–Crippen MR) is 123 cm³/mol. The second-order valence-electron chi connectivity index (χ2n) is 7.17. The molecule has 0 spiro atoms. The molecule has 0 radical (unpaired) electrons. The lowest BCUT2D eigenvalue weighted by Crippen LogP contribution is -2.18. The lowest BCUT2D eigenvalue weighted by molar-refractivity contribution is -0.116. The summed E-state index contributed by atoms with van der Waals surface area (Å²) in [4.78, 5) is 24.7. The number of aromatic nitrogens is 5. The summed E-state index contributed by atoms with van der Waals surface area (Å²) in [6.07, 6.45) is 0.101. The molecule has 0 fully saturated rings. The van der Waals surface area contributed by atoms with E-state index in [2.05, 4.69) is 31.0 Å². The molecule has 0 bridgehead atoms. The molecule has 11 heteroatoms. The molecule has 2 amide bonds. The summed E-state index contributed by atoms with van der Waals surface area (Å²) >= 11 is 2.64. The van der Waals surface area contributed by atoms with Crippen LogP contribution >= 0.6 is 23.1 Å². The van der Waals surface area contributed by atoms with Crippen molar-refractivity contribution < 1.29 is 9.59 Å². The van der Waals surface area contributed by atoms with Crippen molar-refractivity contribution >= 4 is 45.7 Å². The van der Waals surface area contributed by atoms with Gasteiger partial charge in [-0.3, -0.25) is 14.9 Å². The Hall–Kier alpha value is -2.79. The minimum Gasteiger partial charge on any atom is -0.326 e. The highest BCUT2D eigenvalue weighted by molar-refractivity contribution is 7.99. The molecule has 31 heavy (non-hydrogen) atoms. The van der Waals surface area contributed by atoms with Crippen LogP contribution in [0.2, 0.25) is 0 Å². The first-order chi connectivity index (χ1) is 14.9. The Bertz CT molecular complexity index is 1040. The Morgan fingerprint density at radius 3 is 2.45 bits per heavy atom. The van der Waals surface area contributed by atoms with Gasteiger partial charge in [0.2, 0.25) is 16.9 Å². The van der Waals surface area contributed by atoms with Gasteiger partial charge in [0.1, 0.15) is 10.8 Å². The number of nitrogens with zero attached hydrogens (tertiary/aromatic N) is 5. The van der Waals surface area contributed by atoms with E-state index >= 15 is 0 Å². The van der Waals surface area contributed by atoms with Gasteiger partial charge in [-0.25, -0.2) is 0 Å². The van der Waals surface area contributed by atoms with E-state index in [1.807, 2.05) is 56.5 Å². The van der Waals surface area contributed by atoms with Crippen molar-refractivity contribution in [3.8, 4) is 0 Å². The Labute approximate surface area is 189 Å². The monoisotopic (exact) mass is 459 g/mol. The molecule has 0 saturated heterocycles. The molecule has 2 heterocycles. The molecule has 164 valence electrons. The largest absolute Gasteiger partial charge is 0.326 e. The first-order valence-electron chi connectivity index (χ1n) is 9.90. The standard InChI is InChI=1S/C20H25N7O2S2/c1-5-27-15(10-16(28)21-14-8-6-13(4)7-9-14)23-26-20(27)30-11-17(29)22-19-25-24-18(31-19)12(2)3/h6-9,12H,5,10-11H2,1-4H3,(H,21,28)(H,22,25,29). The molecule has 0 aliphatic heterocycles. The minimum absolute atomic E-state index is 0.101. The van der Waals surface area contributed by atoms with Crippen molar-refractivity contribution in [1.82, 2.24) is 25.0 Å². The van der Waals surface area contributed by atoms with Crippen molar-refractivity contribution in [3.05, 3.63) is 40.7 Å². The van der Waals surface area contributed by atoms with Crippen LogP contribution in [0.1, 0.15) is 43.1 Å². The van der Waals surface area contributed by atoms with Crippen molar-refractivity contribution in [2.75, 3.05) is 16.4 Å². The van der Waals surface area contributed by atoms with Crippen molar-refractivity contribution in [2.24, 2.45) is 0 Å². The number of amides is 2. The van der Waals surface area contributed by atoms with Gasteiger partial charge in [0.15, 0.2) is 5.16 Å². The number of hydrogen-bond donors (Lipinski definition) is 2. The fourth-order valence-corrected chi connectivity index (χ4v) is 4.25. The van der Waals surface area contributed by atoms with Gasteiger partial charge in [-0.15, -0.1) is 20.4 Å². The second kappa shape index (κ2) is 10.5. The van der Waals surface area contributed by atoms with Crippen LogP contribution in [-0.4, -0.2) is 42.5 Å². The molecule has 2 aromatic heterocycles. The Morgan fingerprint density at radius 1 is 1.06 bits per heavy atom. The molecular formula is C20H25N7O2S2. The predicted octanol–water partition coefficient (Wildman–Crippen LogP) is 3.49. The normalized spacial score (nSPS) is 11.0. The van der Waals surface area contributed by atoms with Crippen LogP contribution in [0, 0.1) is 6.92 Å². The molecule has 0 aliphatic carbocycles. The number of anilines is 2. The second-order valence-corrected chi connectivity index (χ2v) is 9.12. The lowest BCUT2D eigenvalue weighted by Gasteiger charge is -2.08. The smallest absolute Gasteiger partial charge is 0.236 e. The van der Waals surface area contributed by atoms with E-state index in [0.29, 0.717) is 22.7 Å². The third-order valence-corrected chi connectivity index (χ3v) is 6.38. The maximum atomic E-state index is 12.4. The number of rotatable bonds is 9. The van der Waals surface area contributed by atoms with Crippen molar-refractivity contribution in [3.63, 3.8) is 0 Å². The van der Waals surface area contributed by atoms with Crippen LogP contribution in [-0.2, 0) is 22.6 Å². The van der Waals surface area contributed by atoms with Crippen LogP contribution < -0.4 is 10.6 Å². The van der Waals surface area contributed by atoms with Crippen molar-refractivity contribution in [1.29, 1.82) is 0 Å². The molecule has 2 N–H and O–H groups in total. The van der Waals surface area contributed by atoms with E-state index < -0.39 is 0 Å². The van der Waals surface area contributed by atoms with Gasteiger partial charge in [-0.1, -0.05) is 54.6 Å². The maximum absolute atomic E-state index is 12.4. The van der Waals surface area contributed by atoms with Crippen LogP contribution in [0.5, 0.6) is 0 Å². The highest BCUT2D eigenvalue weighted by Crippen LogP contribution is 2.23. The van der Waals surface area contributed by atoms with E-state index in [1.165, 1.54) is 23.1 Å². The average molecular weight is 460 g/mol. The number of nitrogens with one attached hydrogen (secondary N) is 2. The molecular weight excluding hydrogens is 434 g/mol.